The Morgan fingerprint density at radius 2 is 1.79 bits per heavy atom. The van der Waals surface area contributed by atoms with Crippen LogP contribution in [0.25, 0.3) is 0 Å². The molecule has 1 aliphatic heterocycles. The minimum atomic E-state index is -0.465. The Balaban J connectivity index is 1.78. The highest BCUT2D eigenvalue weighted by Gasteiger charge is 2.24. The van der Waals surface area contributed by atoms with E-state index in [1.54, 1.807) is 0 Å². The molecule has 3 rings (SSSR count). The predicted octanol–water partition coefficient (Wildman–Crippen LogP) is 4.23. The summed E-state index contributed by atoms with van der Waals surface area (Å²) in [7, 11) is 0. The van der Waals surface area contributed by atoms with Crippen LogP contribution in [0.15, 0.2) is 42.5 Å². The van der Waals surface area contributed by atoms with Gasteiger partial charge in [0.15, 0.2) is 0 Å². The van der Waals surface area contributed by atoms with Gasteiger partial charge in [-0.15, -0.1) is 0 Å². The van der Waals surface area contributed by atoms with E-state index in [2.05, 4.69) is 48.3 Å². The first-order chi connectivity index (χ1) is 11.6. The van der Waals surface area contributed by atoms with Gasteiger partial charge in [0.1, 0.15) is 11.6 Å². The van der Waals surface area contributed by atoms with E-state index in [4.69, 9.17) is 0 Å². The number of rotatable bonds is 4. The molecule has 0 aromatic heterocycles. The van der Waals surface area contributed by atoms with Gasteiger partial charge in [-0.1, -0.05) is 44.2 Å². The summed E-state index contributed by atoms with van der Waals surface area (Å²) in [4.78, 5) is 2.12. The zero-order chi connectivity index (χ0) is 17.1. The van der Waals surface area contributed by atoms with Crippen molar-refractivity contribution in [3.63, 3.8) is 0 Å². The van der Waals surface area contributed by atoms with E-state index in [0.717, 1.165) is 19.6 Å². The van der Waals surface area contributed by atoms with Gasteiger partial charge in [-0.25, -0.2) is 8.78 Å². The molecule has 128 valence electrons. The summed E-state index contributed by atoms with van der Waals surface area (Å²) >= 11 is 0. The van der Waals surface area contributed by atoms with Gasteiger partial charge in [0.05, 0.1) is 0 Å². The monoisotopic (exact) mass is 330 g/mol. The molecule has 1 N–H and O–H groups in total. The first-order valence-corrected chi connectivity index (χ1v) is 8.53. The van der Waals surface area contributed by atoms with Crippen LogP contribution >= 0.6 is 0 Å². The molecule has 2 aromatic rings. The molecule has 0 aliphatic carbocycles. The topological polar surface area (TPSA) is 15.3 Å². The van der Waals surface area contributed by atoms with Crippen LogP contribution in [-0.2, 0) is 6.54 Å². The summed E-state index contributed by atoms with van der Waals surface area (Å²) in [6.45, 7) is 7.03. The van der Waals surface area contributed by atoms with Crippen molar-refractivity contribution in [2.24, 2.45) is 0 Å². The van der Waals surface area contributed by atoms with Gasteiger partial charge < -0.3 is 5.32 Å². The molecule has 0 radical (unpaired) electrons. The molecule has 0 saturated carbocycles. The lowest BCUT2D eigenvalue weighted by atomic mass is 9.92. The van der Waals surface area contributed by atoms with Gasteiger partial charge in [-0.2, -0.15) is 0 Å². The fourth-order valence-electron chi connectivity index (χ4n) is 3.42. The van der Waals surface area contributed by atoms with Gasteiger partial charge in [-0.3, -0.25) is 4.90 Å². The zero-order valence-electron chi connectivity index (χ0n) is 14.2. The molecule has 0 unspecified atom stereocenters. The second-order valence-corrected chi connectivity index (χ2v) is 6.73. The first kappa shape index (κ1) is 17.1. The van der Waals surface area contributed by atoms with Crippen LogP contribution in [0.2, 0.25) is 0 Å². The SMILES string of the molecule is CC(C)c1ccccc1[C@@H]1CN(Cc2c(F)cccc2F)CCN1. The van der Waals surface area contributed by atoms with Crippen LogP contribution in [0.4, 0.5) is 8.78 Å². The van der Waals surface area contributed by atoms with Crippen LogP contribution in [0, 0.1) is 11.6 Å². The molecule has 1 fully saturated rings. The van der Waals surface area contributed by atoms with Crippen LogP contribution in [0.3, 0.4) is 0 Å². The first-order valence-electron chi connectivity index (χ1n) is 8.53. The second kappa shape index (κ2) is 7.41. The van der Waals surface area contributed by atoms with Crippen LogP contribution < -0.4 is 5.32 Å². The molecule has 1 aliphatic rings. The van der Waals surface area contributed by atoms with E-state index >= 15 is 0 Å². The highest BCUT2D eigenvalue weighted by molar-refractivity contribution is 5.33. The number of nitrogens with zero attached hydrogens (tertiary/aromatic N) is 1. The standard InChI is InChI=1S/C20H24F2N2/c1-14(2)15-6-3-4-7-16(15)20-13-24(11-10-23-20)12-17-18(21)8-5-9-19(17)22/h3-9,14,20,23H,10-13H2,1-2H3/t20-/m0/s1. The number of nitrogens with one attached hydrogen (secondary N) is 1. The van der Waals surface area contributed by atoms with Crippen molar-refractivity contribution in [1.29, 1.82) is 0 Å². The number of halogens is 2. The Bertz CT molecular complexity index is 680. The number of hydrogen-bond donors (Lipinski definition) is 1. The van der Waals surface area contributed by atoms with Crippen molar-refractivity contribution in [2.45, 2.75) is 32.4 Å². The van der Waals surface area contributed by atoms with Gasteiger partial charge >= 0.3 is 0 Å². The summed E-state index contributed by atoms with van der Waals surface area (Å²) < 4.78 is 27.8. The highest BCUT2D eigenvalue weighted by atomic mass is 19.1. The Kier molecular flexibility index (Phi) is 5.27. The molecule has 2 aromatic carbocycles. The van der Waals surface area contributed by atoms with Crippen molar-refractivity contribution >= 4 is 0 Å². The van der Waals surface area contributed by atoms with Crippen LogP contribution in [-0.4, -0.2) is 24.5 Å². The Hall–Kier alpha value is -1.78. The summed E-state index contributed by atoms with van der Waals surface area (Å²) in [5, 5.41) is 3.55. The number of benzene rings is 2. The third-order valence-electron chi connectivity index (χ3n) is 4.70. The van der Waals surface area contributed by atoms with E-state index < -0.39 is 11.6 Å². The Labute approximate surface area is 142 Å². The average Bonchev–Trinajstić information content (AvgIpc) is 2.58. The molecule has 24 heavy (non-hydrogen) atoms. The summed E-state index contributed by atoms with van der Waals surface area (Å²) in [5.74, 6) is -0.484. The van der Waals surface area contributed by atoms with Gasteiger partial charge in [-0.05, 0) is 29.2 Å². The summed E-state index contributed by atoms with van der Waals surface area (Å²) in [6.07, 6.45) is 0. The van der Waals surface area contributed by atoms with Crippen molar-refractivity contribution in [3.05, 3.63) is 70.8 Å². The summed E-state index contributed by atoms with van der Waals surface area (Å²) in [6, 6.07) is 12.7. The lowest BCUT2D eigenvalue weighted by molar-refractivity contribution is 0.188. The lowest BCUT2D eigenvalue weighted by Crippen LogP contribution is -2.45. The second-order valence-electron chi connectivity index (χ2n) is 6.73. The molecule has 0 amide bonds. The molecule has 0 bridgehead atoms. The predicted molar refractivity (Wildman–Crippen MR) is 92.9 cm³/mol. The molecular weight excluding hydrogens is 306 g/mol. The normalized spacial score (nSPS) is 19.0. The molecular formula is C20H24F2N2. The van der Waals surface area contributed by atoms with Gasteiger partial charge in [0, 0.05) is 37.8 Å². The minimum absolute atomic E-state index is 0.162. The van der Waals surface area contributed by atoms with E-state index in [1.807, 2.05) is 0 Å². The Morgan fingerprint density at radius 1 is 1.08 bits per heavy atom. The summed E-state index contributed by atoms with van der Waals surface area (Å²) in [5.41, 5.74) is 2.77. The molecule has 1 saturated heterocycles. The Morgan fingerprint density at radius 3 is 2.50 bits per heavy atom. The van der Waals surface area contributed by atoms with Gasteiger partial charge in [0.2, 0.25) is 0 Å². The largest absolute Gasteiger partial charge is 0.308 e. The molecule has 0 spiro atoms. The maximum Gasteiger partial charge on any atom is 0.130 e. The third-order valence-corrected chi connectivity index (χ3v) is 4.70. The quantitative estimate of drug-likeness (QED) is 0.902. The molecule has 1 heterocycles. The molecule has 4 heteroatoms. The van der Waals surface area contributed by atoms with Crippen molar-refractivity contribution in [2.75, 3.05) is 19.6 Å². The van der Waals surface area contributed by atoms with Crippen molar-refractivity contribution in [3.8, 4) is 0 Å². The van der Waals surface area contributed by atoms with Crippen LogP contribution in [0.1, 0.15) is 42.5 Å². The van der Waals surface area contributed by atoms with E-state index in [1.165, 1.54) is 29.3 Å². The van der Waals surface area contributed by atoms with E-state index in [0.29, 0.717) is 12.5 Å². The van der Waals surface area contributed by atoms with Crippen molar-refractivity contribution < 1.29 is 8.78 Å². The molecule has 2 nitrogen and oxygen atoms in total. The third kappa shape index (κ3) is 3.65. The van der Waals surface area contributed by atoms with Crippen LogP contribution in [0.5, 0.6) is 0 Å². The zero-order valence-corrected chi connectivity index (χ0v) is 14.2. The van der Waals surface area contributed by atoms with E-state index in [-0.39, 0.29) is 11.6 Å². The van der Waals surface area contributed by atoms with Gasteiger partial charge in [0.25, 0.3) is 0 Å². The maximum atomic E-state index is 13.9. The fourth-order valence-corrected chi connectivity index (χ4v) is 3.42. The lowest BCUT2D eigenvalue weighted by Gasteiger charge is -2.35. The maximum absolute atomic E-state index is 13.9. The number of piperazine rings is 1. The van der Waals surface area contributed by atoms with E-state index in [9.17, 15) is 8.78 Å². The van der Waals surface area contributed by atoms with Crippen molar-refractivity contribution in [1.82, 2.24) is 10.2 Å². The average molecular weight is 330 g/mol. The number of hydrogen-bond acceptors (Lipinski definition) is 2. The smallest absolute Gasteiger partial charge is 0.130 e. The fraction of sp³-hybridized carbons (Fsp3) is 0.400. The highest BCUT2D eigenvalue weighted by Crippen LogP contribution is 2.27. The molecule has 1 atom stereocenters. The minimum Gasteiger partial charge on any atom is -0.308 e.